The summed E-state index contributed by atoms with van der Waals surface area (Å²) in [6.45, 7) is 1.68. The molecule has 88 valence electrons. The van der Waals surface area contributed by atoms with Gasteiger partial charge in [-0.1, -0.05) is 6.92 Å². The average Bonchev–Trinajstić information content (AvgIpc) is 2.26. The minimum absolute atomic E-state index is 0.309. The van der Waals surface area contributed by atoms with Crippen molar-refractivity contribution in [2.24, 2.45) is 0 Å². The fourth-order valence-electron chi connectivity index (χ4n) is 1.36. The SMILES string of the molecule is CCc1cc(OC)ccc1C(=O)C(F)(F)F. The van der Waals surface area contributed by atoms with Crippen molar-refractivity contribution in [3.8, 4) is 5.75 Å². The van der Waals surface area contributed by atoms with Gasteiger partial charge in [-0.3, -0.25) is 4.79 Å². The van der Waals surface area contributed by atoms with E-state index in [-0.39, 0.29) is 5.56 Å². The minimum Gasteiger partial charge on any atom is -0.497 e. The van der Waals surface area contributed by atoms with Crippen molar-refractivity contribution >= 4 is 5.78 Å². The summed E-state index contributed by atoms with van der Waals surface area (Å²) in [6.07, 6.45) is -4.49. The smallest absolute Gasteiger partial charge is 0.454 e. The van der Waals surface area contributed by atoms with Crippen molar-refractivity contribution in [2.45, 2.75) is 19.5 Å². The molecule has 0 atom stereocenters. The van der Waals surface area contributed by atoms with Gasteiger partial charge < -0.3 is 4.74 Å². The first kappa shape index (κ1) is 12.5. The third kappa shape index (κ3) is 2.53. The molecule has 0 saturated heterocycles. The van der Waals surface area contributed by atoms with Gasteiger partial charge in [-0.05, 0) is 30.2 Å². The third-order valence-electron chi connectivity index (χ3n) is 2.20. The molecular formula is C11H11F3O2. The number of hydrogen-bond acceptors (Lipinski definition) is 2. The lowest BCUT2D eigenvalue weighted by Gasteiger charge is -2.10. The molecule has 0 fully saturated rings. The number of rotatable bonds is 3. The Balaban J connectivity index is 3.19. The molecule has 0 radical (unpaired) electrons. The van der Waals surface area contributed by atoms with Gasteiger partial charge in [-0.2, -0.15) is 13.2 Å². The van der Waals surface area contributed by atoms with Gasteiger partial charge in [0.2, 0.25) is 0 Å². The Morgan fingerprint density at radius 3 is 2.44 bits per heavy atom. The lowest BCUT2D eigenvalue weighted by atomic mass is 10.0. The molecule has 2 nitrogen and oxygen atoms in total. The van der Waals surface area contributed by atoms with Gasteiger partial charge in [0.15, 0.2) is 0 Å². The van der Waals surface area contributed by atoms with Gasteiger partial charge in [0.05, 0.1) is 7.11 Å². The molecular weight excluding hydrogens is 221 g/mol. The number of aryl methyl sites for hydroxylation is 1. The maximum absolute atomic E-state index is 12.3. The van der Waals surface area contributed by atoms with Crippen LogP contribution in [0.2, 0.25) is 0 Å². The van der Waals surface area contributed by atoms with Crippen molar-refractivity contribution in [1.29, 1.82) is 0 Å². The van der Waals surface area contributed by atoms with Crippen molar-refractivity contribution in [3.05, 3.63) is 29.3 Å². The Labute approximate surface area is 91.0 Å². The van der Waals surface area contributed by atoms with Crippen LogP contribution in [-0.2, 0) is 6.42 Å². The Kier molecular flexibility index (Phi) is 3.57. The quantitative estimate of drug-likeness (QED) is 0.749. The number of hydrogen-bond donors (Lipinski definition) is 0. The predicted molar refractivity (Wildman–Crippen MR) is 52.8 cm³/mol. The van der Waals surface area contributed by atoms with Gasteiger partial charge >= 0.3 is 6.18 Å². The summed E-state index contributed by atoms with van der Waals surface area (Å²) in [7, 11) is 1.42. The molecule has 0 N–H and O–H groups in total. The predicted octanol–water partition coefficient (Wildman–Crippen LogP) is 3.00. The van der Waals surface area contributed by atoms with Crippen molar-refractivity contribution in [1.82, 2.24) is 0 Å². The first-order valence-corrected chi connectivity index (χ1v) is 4.68. The summed E-state index contributed by atoms with van der Waals surface area (Å²) in [5, 5.41) is 0. The van der Waals surface area contributed by atoms with Crippen LogP contribution in [0.1, 0.15) is 22.8 Å². The van der Waals surface area contributed by atoms with Crippen LogP contribution in [-0.4, -0.2) is 19.1 Å². The van der Waals surface area contributed by atoms with Gasteiger partial charge in [0, 0.05) is 5.56 Å². The first-order valence-electron chi connectivity index (χ1n) is 4.68. The van der Waals surface area contributed by atoms with Crippen LogP contribution in [0.15, 0.2) is 18.2 Å². The zero-order chi connectivity index (χ0) is 12.3. The zero-order valence-electron chi connectivity index (χ0n) is 8.89. The molecule has 0 heterocycles. The largest absolute Gasteiger partial charge is 0.497 e. The second-order valence-electron chi connectivity index (χ2n) is 3.20. The highest BCUT2D eigenvalue weighted by molar-refractivity contribution is 6.01. The first-order chi connectivity index (χ1) is 7.40. The van der Waals surface area contributed by atoms with Crippen molar-refractivity contribution in [3.63, 3.8) is 0 Å². The van der Waals surface area contributed by atoms with Gasteiger partial charge in [-0.15, -0.1) is 0 Å². The summed E-state index contributed by atoms with van der Waals surface area (Å²) in [5.74, 6) is -1.37. The van der Waals surface area contributed by atoms with E-state index in [4.69, 9.17) is 4.74 Å². The van der Waals surface area contributed by atoms with E-state index in [1.54, 1.807) is 6.92 Å². The summed E-state index contributed by atoms with van der Waals surface area (Å²) in [6, 6.07) is 3.94. The molecule has 0 spiro atoms. The van der Waals surface area contributed by atoms with Gasteiger partial charge in [0.25, 0.3) is 5.78 Å². The van der Waals surface area contributed by atoms with E-state index in [0.29, 0.717) is 17.7 Å². The molecule has 0 aliphatic rings. The number of methoxy groups -OCH3 is 1. The Hall–Kier alpha value is -1.52. The van der Waals surface area contributed by atoms with Crippen molar-refractivity contribution < 1.29 is 22.7 Å². The maximum Gasteiger partial charge on any atom is 0.454 e. The minimum atomic E-state index is -4.83. The number of ether oxygens (including phenoxy) is 1. The zero-order valence-corrected chi connectivity index (χ0v) is 8.89. The highest BCUT2D eigenvalue weighted by Crippen LogP contribution is 2.26. The molecule has 0 amide bonds. The van der Waals surface area contributed by atoms with Gasteiger partial charge in [-0.25, -0.2) is 0 Å². The van der Waals surface area contributed by atoms with Crippen LogP contribution in [0.25, 0.3) is 0 Å². The van der Waals surface area contributed by atoms with Crippen LogP contribution in [0.5, 0.6) is 5.75 Å². The van der Waals surface area contributed by atoms with Crippen LogP contribution >= 0.6 is 0 Å². The number of ketones is 1. The second-order valence-corrected chi connectivity index (χ2v) is 3.20. The Morgan fingerprint density at radius 2 is 2.00 bits per heavy atom. The lowest BCUT2D eigenvalue weighted by Crippen LogP contribution is -2.23. The average molecular weight is 232 g/mol. The normalized spacial score (nSPS) is 11.3. The molecule has 5 heteroatoms. The van der Waals surface area contributed by atoms with Crippen molar-refractivity contribution in [2.75, 3.05) is 7.11 Å². The number of benzene rings is 1. The van der Waals surface area contributed by atoms with E-state index in [2.05, 4.69) is 0 Å². The number of halogens is 3. The van der Waals surface area contributed by atoms with E-state index in [1.165, 1.54) is 19.2 Å². The molecule has 16 heavy (non-hydrogen) atoms. The Morgan fingerprint density at radius 1 is 1.38 bits per heavy atom. The maximum atomic E-state index is 12.3. The molecule has 1 aromatic rings. The third-order valence-corrected chi connectivity index (χ3v) is 2.20. The monoisotopic (exact) mass is 232 g/mol. The molecule has 1 rings (SSSR count). The van der Waals surface area contributed by atoms with E-state index < -0.39 is 12.0 Å². The Bertz CT molecular complexity index is 397. The van der Waals surface area contributed by atoms with E-state index in [1.807, 2.05) is 0 Å². The molecule has 0 aromatic heterocycles. The number of carbonyl (C=O) groups excluding carboxylic acids is 1. The lowest BCUT2D eigenvalue weighted by molar-refractivity contribution is -0.0885. The second kappa shape index (κ2) is 4.55. The summed E-state index contributed by atoms with van der Waals surface area (Å²) < 4.78 is 41.6. The molecule has 1 aromatic carbocycles. The standard InChI is InChI=1S/C11H11F3O2/c1-3-7-6-8(16-2)4-5-9(7)10(15)11(12,13)14/h4-6H,3H2,1-2H3. The molecule has 0 aliphatic heterocycles. The number of carbonyl (C=O) groups is 1. The molecule has 0 saturated carbocycles. The summed E-state index contributed by atoms with van der Waals surface area (Å²) in [4.78, 5) is 11.1. The fraction of sp³-hybridized carbons (Fsp3) is 0.364. The summed E-state index contributed by atoms with van der Waals surface area (Å²) >= 11 is 0. The van der Waals surface area contributed by atoms with Crippen LogP contribution in [0, 0.1) is 0 Å². The summed E-state index contributed by atoms with van der Waals surface area (Å²) in [5.41, 5.74) is 0.0254. The molecule has 0 bridgehead atoms. The number of Topliss-reactive ketones (excluding diaryl/α,β-unsaturated/α-hetero) is 1. The number of alkyl halides is 3. The van der Waals surface area contributed by atoms with Crippen LogP contribution < -0.4 is 4.74 Å². The fourth-order valence-corrected chi connectivity index (χ4v) is 1.36. The molecule has 0 aliphatic carbocycles. The van der Waals surface area contributed by atoms with Crippen LogP contribution in [0.3, 0.4) is 0 Å². The van der Waals surface area contributed by atoms with E-state index in [9.17, 15) is 18.0 Å². The topological polar surface area (TPSA) is 26.3 Å². The van der Waals surface area contributed by atoms with Gasteiger partial charge in [0.1, 0.15) is 5.75 Å². The van der Waals surface area contributed by atoms with E-state index in [0.717, 1.165) is 6.07 Å². The van der Waals surface area contributed by atoms with E-state index >= 15 is 0 Å². The molecule has 0 unspecified atom stereocenters. The van der Waals surface area contributed by atoms with Crippen LogP contribution in [0.4, 0.5) is 13.2 Å². The highest BCUT2D eigenvalue weighted by atomic mass is 19.4. The highest BCUT2D eigenvalue weighted by Gasteiger charge is 2.40.